The average molecular weight is 347 g/mol. The maximum atomic E-state index is 13.8. The van der Waals surface area contributed by atoms with Crippen LogP contribution < -0.4 is 5.32 Å². The summed E-state index contributed by atoms with van der Waals surface area (Å²) in [5.41, 5.74) is 0.932. The fourth-order valence-corrected chi connectivity index (χ4v) is 2.93. The molecule has 1 fully saturated rings. The van der Waals surface area contributed by atoms with E-state index in [-0.39, 0.29) is 11.1 Å². The van der Waals surface area contributed by atoms with Crippen molar-refractivity contribution in [1.82, 2.24) is 0 Å². The van der Waals surface area contributed by atoms with Crippen molar-refractivity contribution in [3.05, 3.63) is 65.0 Å². The molecule has 1 aliphatic carbocycles. The van der Waals surface area contributed by atoms with Gasteiger partial charge in [0.15, 0.2) is 17.5 Å². The van der Waals surface area contributed by atoms with E-state index in [9.17, 15) is 18.0 Å². The summed E-state index contributed by atoms with van der Waals surface area (Å²) in [6.45, 7) is 6.31. The van der Waals surface area contributed by atoms with E-state index in [0.29, 0.717) is 12.8 Å². The fraction of sp³-hybridized carbons (Fsp3) is 0.350. The second kappa shape index (κ2) is 5.90. The molecule has 1 saturated carbocycles. The molecular weight excluding hydrogens is 327 g/mol. The maximum absolute atomic E-state index is 13.8. The van der Waals surface area contributed by atoms with E-state index in [0.717, 1.165) is 23.3 Å². The van der Waals surface area contributed by atoms with E-state index in [4.69, 9.17) is 0 Å². The van der Waals surface area contributed by atoms with Crippen LogP contribution >= 0.6 is 0 Å². The Morgan fingerprint density at radius 1 is 0.960 bits per heavy atom. The zero-order valence-corrected chi connectivity index (χ0v) is 14.4. The highest BCUT2D eigenvalue weighted by molar-refractivity contribution is 6.01. The topological polar surface area (TPSA) is 29.1 Å². The molecule has 0 aromatic heterocycles. The molecule has 0 bridgehead atoms. The number of rotatable bonds is 3. The SMILES string of the molecule is CC(C)(C)c1ccc(C2(C(=O)Nc3ccc(F)c(F)c3F)CC2)cc1. The Morgan fingerprint density at radius 3 is 2.08 bits per heavy atom. The van der Waals surface area contributed by atoms with Crippen molar-refractivity contribution in [3.8, 4) is 0 Å². The molecule has 0 aliphatic heterocycles. The lowest BCUT2D eigenvalue weighted by molar-refractivity contribution is -0.118. The first-order chi connectivity index (χ1) is 11.6. The largest absolute Gasteiger partial charge is 0.323 e. The smallest absolute Gasteiger partial charge is 0.235 e. The molecule has 2 aromatic carbocycles. The van der Waals surface area contributed by atoms with Gasteiger partial charge in [-0.2, -0.15) is 0 Å². The van der Waals surface area contributed by atoms with Gasteiger partial charge in [0.2, 0.25) is 5.91 Å². The van der Waals surface area contributed by atoms with Gasteiger partial charge in [0.05, 0.1) is 11.1 Å². The van der Waals surface area contributed by atoms with Gasteiger partial charge in [-0.15, -0.1) is 0 Å². The highest BCUT2D eigenvalue weighted by Gasteiger charge is 2.51. The van der Waals surface area contributed by atoms with E-state index in [1.165, 1.54) is 0 Å². The zero-order valence-electron chi connectivity index (χ0n) is 14.4. The number of amides is 1. The number of hydrogen-bond donors (Lipinski definition) is 1. The van der Waals surface area contributed by atoms with Crippen molar-refractivity contribution >= 4 is 11.6 Å². The molecule has 0 radical (unpaired) electrons. The monoisotopic (exact) mass is 347 g/mol. The molecule has 1 N–H and O–H groups in total. The minimum Gasteiger partial charge on any atom is -0.323 e. The standard InChI is InChI=1S/C20H20F3NO/c1-19(2,3)12-4-6-13(7-5-12)20(10-11-20)18(25)24-15-9-8-14(21)16(22)17(15)23/h4-9H,10-11H2,1-3H3,(H,24,25). The summed E-state index contributed by atoms with van der Waals surface area (Å²) in [6, 6.07) is 9.63. The second-order valence-corrected chi connectivity index (χ2v) is 7.59. The number of nitrogens with one attached hydrogen (secondary N) is 1. The molecular formula is C20H20F3NO. The van der Waals surface area contributed by atoms with Crippen LogP contribution in [-0.4, -0.2) is 5.91 Å². The molecule has 25 heavy (non-hydrogen) atoms. The van der Waals surface area contributed by atoms with Crippen LogP contribution in [0.2, 0.25) is 0 Å². The number of hydrogen-bond acceptors (Lipinski definition) is 1. The van der Waals surface area contributed by atoms with Crippen molar-refractivity contribution in [1.29, 1.82) is 0 Å². The number of carbonyl (C=O) groups is 1. The number of carbonyl (C=O) groups excluding carboxylic acids is 1. The molecule has 0 unspecified atom stereocenters. The number of benzene rings is 2. The Hall–Kier alpha value is -2.30. The van der Waals surface area contributed by atoms with Gasteiger partial charge in [-0.3, -0.25) is 4.79 Å². The predicted octanol–water partition coefficient (Wildman–Crippen LogP) is 5.07. The molecule has 0 spiro atoms. The summed E-state index contributed by atoms with van der Waals surface area (Å²) >= 11 is 0. The molecule has 1 amide bonds. The second-order valence-electron chi connectivity index (χ2n) is 7.59. The number of anilines is 1. The van der Waals surface area contributed by atoms with Gasteiger partial charge in [0.25, 0.3) is 0 Å². The average Bonchev–Trinajstić information content (AvgIpc) is 3.36. The zero-order chi connectivity index (χ0) is 18.4. The van der Waals surface area contributed by atoms with Crippen LogP contribution in [-0.2, 0) is 15.6 Å². The Morgan fingerprint density at radius 2 is 1.56 bits per heavy atom. The van der Waals surface area contributed by atoms with Crippen LogP contribution in [0.3, 0.4) is 0 Å². The summed E-state index contributed by atoms with van der Waals surface area (Å²) in [5, 5.41) is 2.40. The predicted molar refractivity (Wildman–Crippen MR) is 91.0 cm³/mol. The highest BCUT2D eigenvalue weighted by Crippen LogP contribution is 2.49. The summed E-state index contributed by atoms with van der Waals surface area (Å²) in [6.07, 6.45) is 1.28. The van der Waals surface area contributed by atoms with Gasteiger partial charge in [0.1, 0.15) is 0 Å². The van der Waals surface area contributed by atoms with Crippen LogP contribution in [0.4, 0.5) is 18.9 Å². The minimum absolute atomic E-state index is 0.00622. The molecule has 0 heterocycles. The fourth-order valence-electron chi connectivity index (χ4n) is 2.93. The van der Waals surface area contributed by atoms with E-state index in [2.05, 4.69) is 26.1 Å². The minimum atomic E-state index is -1.59. The van der Waals surface area contributed by atoms with E-state index in [1.54, 1.807) is 0 Å². The first-order valence-electron chi connectivity index (χ1n) is 8.21. The quantitative estimate of drug-likeness (QED) is 0.772. The summed E-state index contributed by atoms with van der Waals surface area (Å²) in [5.74, 6) is -4.65. The van der Waals surface area contributed by atoms with Crippen molar-refractivity contribution < 1.29 is 18.0 Å². The third-order valence-corrected chi connectivity index (χ3v) is 4.77. The van der Waals surface area contributed by atoms with Gasteiger partial charge in [-0.1, -0.05) is 45.0 Å². The van der Waals surface area contributed by atoms with Crippen molar-refractivity contribution in [2.75, 3.05) is 5.32 Å². The summed E-state index contributed by atoms with van der Waals surface area (Å²) in [4.78, 5) is 12.6. The van der Waals surface area contributed by atoms with E-state index in [1.807, 2.05) is 24.3 Å². The molecule has 132 valence electrons. The molecule has 2 nitrogen and oxygen atoms in total. The Labute approximate surface area is 145 Å². The number of halogens is 3. The van der Waals surface area contributed by atoms with Crippen LogP contribution in [0.25, 0.3) is 0 Å². The molecule has 0 atom stereocenters. The van der Waals surface area contributed by atoms with Crippen molar-refractivity contribution in [3.63, 3.8) is 0 Å². The lowest BCUT2D eigenvalue weighted by atomic mass is 9.85. The van der Waals surface area contributed by atoms with Gasteiger partial charge in [-0.25, -0.2) is 13.2 Å². The third kappa shape index (κ3) is 3.15. The lowest BCUT2D eigenvalue weighted by Crippen LogP contribution is -2.28. The Balaban J connectivity index is 1.84. The highest BCUT2D eigenvalue weighted by atomic mass is 19.2. The molecule has 5 heteroatoms. The molecule has 1 aliphatic rings. The third-order valence-electron chi connectivity index (χ3n) is 4.77. The van der Waals surface area contributed by atoms with Gasteiger partial charge < -0.3 is 5.32 Å². The lowest BCUT2D eigenvalue weighted by Gasteiger charge is -2.21. The van der Waals surface area contributed by atoms with Gasteiger partial charge in [-0.05, 0) is 41.5 Å². The molecule has 2 aromatic rings. The first kappa shape index (κ1) is 17.5. The van der Waals surface area contributed by atoms with Crippen molar-refractivity contribution in [2.24, 2.45) is 0 Å². The van der Waals surface area contributed by atoms with Crippen LogP contribution in [0.1, 0.15) is 44.7 Å². The van der Waals surface area contributed by atoms with Crippen LogP contribution in [0, 0.1) is 17.5 Å². The van der Waals surface area contributed by atoms with Gasteiger partial charge in [0, 0.05) is 0 Å². The first-order valence-corrected chi connectivity index (χ1v) is 8.21. The molecule has 3 rings (SSSR count). The summed E-state index contributed by atoms with van der Waals surface area (Å²) in [7, 11) is 0. The maximum Gasteiger partial charge on any atom is 0.235 e. The summed E-state index contributed by atoms with van der Waals surface area (Å²) < 4.78 is 40.1. The van der Waals surface area contributed by atoms with E-state index < -0.39 is 28.8 Å². The molecule has 0 saturated heterocycles. The van der Waals surface area contributed by atoms with Gasteiger partial charge >= 0.3 is 0 Å². The van der Waals surface area contributed by atoms with Crippen LogP contribution in [0.15, 0.2) is 36.4 Å². The Kier molecular flexibility index (Phi) is 4.13. The van der Waals surface area contributed by atoms with Crippen molar-refractivity contribution in [2.45, 2.75) is 44.4 Å². The normalized spacial score (nSPS) is 15.8. The Bertz CT molecular complexity index is 818. The van der Waals surface area contributed by atoms with Crippen LogP contribution in [0.5, 0.6) is 0 Å². The van der Waals surface area contributed by atoms with E-state index >= 15 is 0 Å².